The summed E-state index contributed by atoms with van der Waals surface area (Å²) in [6, 6.07) is 16.0. The minimum absolute atomic E-state index is 0.115. The van der Waals surface area contributed by atoms with Gasteiger partial charge in [0.25, 0.3) is 0 Å². The highest BCUT2D eigenvalue weighted by Gasteiger charge is 2.14. The third-order valence-electron chi connectivity index (χ3n) is 4.05. The van der Waals surface area contributed by atoms with Gasteiger partial charge in [0.1, 0.15) is 19.3 Å². The van der Waals surface area contributed by atoms with Crippen LogP contribution in [-0.2, 0) is 27.5 Å². The van der Waals surface area contributed by atoms with E-state index in [9.17, 15) is 9.59 Å². The topological polar surface area (TPSA) is 90.6 Å². The first-order valence-electron chi connectivity index (χ1n) is 9.16. The van der Waals surface area contributed by atoms with Gasteiger partial charge < -0.3 is 20.5 Å². The second kappa shape index (κ2) is 12.0. The first kappa shape index (κ1) is 21.7. The van der Waals surface area contributed by atoms with Crippen LogP contribution in [0.5, 0.6) is 0 Å². The van der Waals surface area contributed by atoms with Crippen molar-refractivity contribution < 1.29 is 19.1 Å². The number of carbonyl (C=O) groups is 2. The lowest BCUT2D eigenvalue weighted by Crippen LogP contribution is -2.32. The Labute approximate surface area is 170 Å². The molecular weight excluding hydrogens is 380 g/mol. The summed E-state index contributed by atoms with van der Waals surface area (Å²) in [5, 5.41) is 3.22. The lowest BCUT2D eigenvalue weighted by molar-refractivity contribution is -0.146. The first-order valence-corrected chi connectivity index (χ1v) is 9.54. The standard InChI is InChI=1S/C21H25ClN2O4/c22-18-11-5-4-10-17(18)15-28-21(26)24-13-7-6-12-19(23)20(25)27-14-16-8-2-1-3-9-16/h1-5,8-11,19H,6-7,12-15,23H2,(H,24,26). The second-order valence-corrected chi connectivity index (χ2v) is 6.70. The number of ether oxygens (including phenoxy) is 2. The maximum atomic E-state index is 11.9. The number of halogens is 1. The fraction of sp³-hybridized carbons (Fsp3) is 0.333. The number of amides is 1. The van der Waals surface area contributed by atoms with Gasteiger partial charge in [0.15, 0.2) is 0 Å². The zero-order valence-corrected chi connectivity index (χ0v) is 16.4. The van der Waals surface area contributed by atoms with Gasteiger partial charge in [-0.3, -0.25) is 4.79 Å². The zero-order chi connectivity index (χ0) is 20.2. The largest absolute Gasteiger partial charge is 0.460 e. The Kier molecular flexibility index (Phi) is 9.31. The lowest BCUT2D eigenvalue weighted by Gasteiger charge is -2.12. The molecule has 2 rings (SSSR count). The summed E-state index contributed by atoms with van der Waals surface area (Å²) in [6.07, 6.45) is 1.35. The molecule has 0 bridgehead atoms. The zero-order valence-electron chi connectivity index (χ0n) is 15.6. The van der Waals surface area contributed by atoms with Gasteiger partial charge in [-0.1, -0.05) is 60.1 Å². The molecule has 0 fully saturated rings. The lowest BCUT2D eigenvalue weighted by atomic mass is 10.1. The molecule has 0 saturated carbocycles. The number of esters is 1. The summed E-state index contributed by atoms with van der Waals surface area (Å²) in [5.41, 5.74) is 7.52. The molecule has 0 aliphatic carbocycles. The van der Waals surface area contributed by atoms with Gasteiger partial charge in [0, 0.05) is 17.1 Å². The molecule has 28 heavy (non-hydrogen) atoms. The van der Waals surface area contributed by atoms with Gasteiger partial charge >= 0.3 is 12.1 Å². The van der Waals surface area contributed by atoms with Gasteiger partial charge in [-0.05, 0) is 30.9 Å². The van der Waals surface area contributed by atoms with Gasteiger partial charge in [0.2, 0.25) is 0 Å². The molecule has 1 unspecified atom stereocenters. The second-order valence-electron chi connectivity index (χ2n) is 6.29. The summed E-state index contributed by atoms with van der Waals surface area (Å²) < 4.78 is 10.3. The minimum atomic E-state index is -0.670. The van der Waals surface area contributed by atoms with Crippen LogP contribution in [0.15, 0.2) is 54.6 Å². The van der Waals surface area contributed by atoms with Gasteiger partial charge in [-0.15, -0.1) is 0 Å². The van der Waals surface area contributed by atoms with Crippen molar-refractivity contribution in [2.75, 3.05) is 6.54 Å². The van der Waals surface area contributed by atoms with E-state index in [0.717, 1.165) is 11.1 Å². The van der Waals surface area contributed by atoms with Crippen molar-refractivity contribution in [3.63, 3.8) is 0 Å². The normalized spacial score (nSPS) is 11.5. The molecule has 0 aromatic heterocycles. The number of benzene rings is 2. The molecule has 6 nitrogen and oxygen atoms in total. The predicted molar refractivity (Wildman–Crippen MR) is 108 cm³/mol. The van der Waals surface area contributed by atoms with Crippen molar-refractivity contribution in [2.45, 2.75) is 38.5 Å². The van der Waals surface area contributed by atoms with Gasteiger partial charge in [-0.25, -0.2) is 4.79 Å². The molecule has 0 aliphatic rings. The summed E-state index contributed by atoms with van der Waals surface area (Å²) in [6.45, 7) is 0.767. The van der Waals surface area contributed by atoms with Crippen molar-refractivity contribution >= 4 is 23.7 Å². The molecule has 2 aromatic rings. The SMILES string of the molecule is NC(CCCCNC(=O)OCc1ccccc1Cl)C(=O)OCc1ccccc1. The quantitative estimate of drug-likeness (QED) is 0.464. The summed E-state index contributed by atoms with van der Waals surface area (Å²) >= 11 is 6.00. The van der Waals surface area contributed by atoms with Crippen LogP contribution in [-0.4, -0.2) is 24.6 Å². The number of hydrogen-bond donors (Lipinski definition) is 2. The van der Waals surface area contributed by atoms with Gasteiger partial charge in [-0.2, -0.15) is 0 Å². The van der Waals surface area contributed by atoms with Crippen molar-refractivity contribution in [3.8, 4) is 0 Å². The van der Waals surface area contributed by atoms with Crippen LogP contribution in [0.2, 0.25) is 5.02 Å². The maximum absolute atomic E-state index is 11.9. The number of unbranched alkanes of at least 4 members (excludes halogenated alkanes) is 1. The van der Waals surface area contributed by atoms with E-state index in [1.165, 1.54) is 0 Å². The molecule has 150 valence electrons. The fourth-order valence-corrected chi connectivity index (χ4v) is 2.63. The van der Waals surface area contributed by atoms with Crippen LogP contribution in [0.3, 0.4) is 0 Å². The highest BCUT2D eigenvalue weighted by molar-refractivity contribution is 6.31. The molecule has 2 aromatic carbocycles. The smallest absolute Gasteiger partial charge is 0.407 e. The molecule has 1 atom stereocenters. The third kappa shape index (κ3) is 7.98. The van der Waals surface area contributed by atoms with Crippen LogP contribution in [0.25, 0.3) is 0 Å². The minimum Gasteiger partial charge on any atom is -0.460 e. The molecule has 0 aliphatic heterocycles. The summed E-state index contributed by atoms with van der Waals surface area (Å²) in [4.78, 5) is 23.6. The third-order valence-corrected chi connectivity index (χ3v) is 4.42. The highest BCUT2D eigenvalue weighted by atomic mass is 35.5. The van der Waals surface area contributed by atoms with Crippen molar-refractivity contribution in [3.05, 3.63) is 70.7 Å². The van der Waals surface area contributed by atoms with E-state index in [1.807, 2.05) is 42.5 Å². The first-order chi connectivity index (χ1) is 13.6. The summed E-state index contributed by atoms with van der Waals surface area (Å²) in [7, 11) is 0. The Morgan fingerprint density at radius 2 is 1.68 bits per heavy atom. The average Bonchev–Trinajstić information content (AvgIpc) is 2.71. The molecule has 0 spiro atoms. The predicted octanol–water partition coefficient (Wildman–Crippen LogP) is 3.81. The van der Waals surface area contributed by atoms with E-state index < -0.39 is 18.1 Å². The number of nitrogens with two attached hydrogens (primary N) is 1. The van der Waals surface area contributed by atoms with Crippen LogP contribution in [0, 0.1) is 0 Å². The molecule has 7 heteroatoms. The number of alkyl carbamates (subject to hydrolysis) is 1. The van der Waals surface area contributed by atoms with Crippen LogP contribution in [0.4, 0.5) is 4.79 Å². The van der Waals surface area contributed by atoms with Gasteiger partial charge in [0.05, 0.1) is 0 Å². The van der Waals surface area contributed by atoms with Crippen LogP contribution < -0.4 is 11.1 Å². The number of carbonyl (C=O) groups excluding carboxylic acids is 2. The number of nitrogens with one attached hydrogen (secondary N) is 1. The Balaban J connectivity index is 1.53. The van der Waals surface area contributed by atoms with Crippen LogP contribution >= 0.6 is 11.6 Å². The van der Waals surface area contributed by atoms with E-state index in [2.05, 4.69) is 5.32 Å². The van der Waals surface area contributed by atoms with Crippen molar-refractivity contribution in [1.82, 2.24) is 5.32 Å². The van der Waals surface area contributed by atoms with Crippen molar-refractivity contribution in [1.29, 1.82) is 0 Å². The molecule has 0 radical (unpaired) electrons. The molecular formula is C21H25ClN2O4. The molecule has 0 heterocycles. The highest BCUT2D eigenvalue weighted by Crippen LogP contribution is 2.15. The summed E-state index contributed by atoms with van der Waals surface area (Å²) in [5.74, 6) is -0.420. The monoisotopic (exact) mass is 404 g/mol. The maximum Gasteiger partial charge on any atom is 0.407 e. The van der Waals surface area contributed by atoms with E-state index in [-0.39, 0.29) is 13.2 Å². The Morgan fingerprint density at radius 1 is 0.964 bits per heavy atom. The fourth-order valence-electron chi connectivity index (χ4n) is 2.44. The molecule has 0 saturated heterocycles. The molecule has 3 N–H and O–H groups in total. The van der Waals surface area contributed by atoms with E-state index in [4.69, 9.17) is 26.8 Å². The Morgan fingerprint density at radius 3 is 2.43 bits per heavy atom. The Hall–Kier alpha value is -2.57. The molecule has 1 amide bonds. The number of hydrogen-bond acceptors (Lipinski definition) is 5. The van der Waals surface area contributed by atoms with E-state index in [1.54, 1.807) is 12.1 Å². The van der Waals surface area contributed by atoms with Crippen LogP contribution in [0.1, 0.15) is 30.4 Å². The van der Waals surface area contributed by atoms with E-state index >= 15 is 0 Å². The Bertz CT molecular complexity index is 755. The average molecular weight is 405 g/mol. The number of rotatable bonds is 10. The van der Waals surface area contributed by atoms with Crippen molar-refractivity contribution in [2.24, 2.45) is 5.73 Å². The van der Waals surface area contributed by atoms with E-state index in [0.29, 0.717) is 30.8 Å².